The predicted molar refractivity (Wildman–Crippen MR) is 61.8 cm³/mol. The van der Waals surface area contributed by atoms with Crippen molar-refractivity contribution in [1.29, 1.82) is 0 Å². The molecule has 0 amide bonds. The summed E-state index contributed by atoms with van der Waals surface area (Å²) in [5, 5.41) is 2.11. The lowest BCUT2D eigenvalue weighted by atomic mass is 10.0. The Bertz CT molecular complexity index is 498. The van der Waals surface area contributed by atoms with Crippen molar-refractivity contribution in [2.45, 2.75) is 6.92 Å². The average Bonchev–Trinajstić information content (AvgIpc) is 2.17. The maximum absolute atomic E-state index is 10.9. The Labute approximate surface area is 90.9 Å². The molecule has 0 saturated carbocycles. The second-order valence-corrected chi connectivity index (χ2v) is 4.16. The van der Waals surface area contributed by atoms with Crippen molar-refractivity contribution >= 4 is 33.0 Å². The number of carbonyl (C=O) groups is 1. The maximum atomic E-state index is 10.9. The highest BCUT2D eigenvalue weighted by molar-refractivity contribution is 9.10. The predicted octanol–water partition coefficient (Wildman–Crippen LogP) is 3.72. The van der Waals surface area contributed by atoms with Crippen LogP contribution in [0.3, 0.4) is 0 Å². The number of aryl methyl sites for hydroxylation is 1. The smallest absolute Gasteiger partial charge is 0.151 e. The van der Waals surface area contributed by atoms with Crippen molar-refractivity contribution < 1.29 is 4.79 Å². The van der Waals surface area contributed by atoms with Gasteiger partial charge in [-0.05, 0) is 23.8 Å². The Morgan fingerprint density at radius 1 is 1.21 bits per heavy atom. The van der Waals surface area contributed by atoms with Gasteiger partial charge in [0.1, 0.15) is 0 Å². The lowest BCUT2D eigenvalue weighted by Crippen LogP contribution is -1.86. The van der Waals surface area contributed by atoms with E-state index in [1.54, 1.807) is 0 Å². The van der Waals surface area contributed by atoms with Crippen LogP contribution in [0.5, 0.6) is 0 Å². The fraction of sp³-hybridized carbons (Fsp3) is 0.0833. The van der Waals surface area contributed by atoms with Crippen LogP contribution in [0.15, 0.2) is 34.8 Å². The minimum atomic E-state index is 0.728. The number of fused-ring (bicyclic) bond motifs is 1. The number of carbonyl (C=O) groups excluding carboxylic acids is 1. The topological polar surface area (TPSA) is 17.1 Å². The summed E-state index contributed by atoms with van der Waals surface area (Å²) in [7, 11) is 0. The Balaban J connectivity index is 2.91. The number of rotatable bonds is 1. The number of hydrogen-bond acceptors (Lipinski definition) is 1. The van der Waals surface area contributed by atoms with Crippen LogP contribution in [-0.4, -0.2) is 6.29 Å². The molecule has 0 bridgehead atoms. The van der Waals surface area contributed by atoms with E-state index >= 15 is 0 Å². The molecule has 2 heteroatoms. The number of halogens is 1. The fourth-order valence-corrected chi connectivity index (χ4v) is 1.99. The van der Waals surface area contributed by atoms with Gasteiger partial charge < -0.3 is 0 Å². The highest BCUT2D eigenvalue weighted by Gasteiger charge is 2.04. The van der Waals surface area contributed by atoms with Crippen LogP contribution in [-0.2, 0) is 0 Å². The van der Waals surface area contributed by atoms with Gasteiger partial charge in [-0.2, -0.15) is 0 Å². The summed E-state index contributed by atoms with van der Waals surface area (Å²) >= 11 is 3.37. The first-order valence-corrected chi connectivity index (χ1v) is 5.16. The molecule has 0 aromatic heterocycles. The molecule has 2 aromatic carbocycles. The van der Waals surface area contributed by atoms with Gasteiger partial charge in [0, 0.05) is 10.0 Å². The molecule has 0 spiro atoms. The molecule has 0 aliphatic heterocycles. The number of aldehydes is 1. The van der Waals surface area contributed by atoms with E-state index in [4.69, 9.17) is 0 Å². The summed E-state index contributed by atoms with van der Waals surface area (Å²) in [6.07, 6.45) is 0.895. The second kappa shape index (κ2) is 3.54. The molecule has 2 rings (SSSR count). The van der Waals surface area contributed by atoms with E-state index in [1.165, 1.54) is 5.56 Å². The molecule has 0 radical (unpaired) electrons. The van der Waals surface area contributed by atoms with Crippen molar-refractivity contribution in [3.63, 3.8) is 0 Å². The van der Waals surface area contributed by atoms with Gasteiger partial charge in [-0.15, -0.1) is 0 Å². The quantitative estimate of drug-likeness (QED) is 0.704. The van der Waals surface area contributed by atoms with Gasteiger partial charge >= 0.3 is 0 Å². The summed E-state index contributed by atoms with van der Waals surface area (Å²) in [6, 6.07) is 10.0. The van der Waals surface area contributed by atoms with Crippen LogP contribution in [0, 0.1) is 6.92 Å². The fourth-order valence-electron chi connectivity index (χ4n) is 1.55. The van der Waals surface area contributed by atoms with Crippen molar-refractivity contribution in [3.05, 3.63) is 45.9 Å². The van der Waals surface area contributed by atoms with E-state index in [9.17, 15) is 4.79 Å². The molecule has 0 fully saturated rings. The lowest BCUT2D eigenvalue weighted by molar-refractivity contribution is 0.112. The summed E-state index contributed by atoms with van der Waals surface area (Å²) in [5.74, 6) is 0. The van der Waals surface area contributed by atoms with Crippen LogP contribution in [0.4, 0.5) is 0 Å². The molecule has 0 atom stereocenters. The number of benzene rings is 2. The normalized spacial score (nSPS) is 10.4. The molecular formula is C12H9BrO. The number of hydrogen-bond donors (Lipinski definition) is 0. The lowest BCUT2D eigenvalue weighted by Gasteiger charge is -2.04. The van der Waals surface area contributed by atoms with Crippen molar-refractivity contribution in [3.8, 4) is 0 Å². The van der Waals surface area contributed by atoms with Gasteiger partial charge in [-0.25, -0.2) is 0 Å². The van der Waals surface area contributed by atoms with Gasteiger partial charge in [0.25, 0.3) is 0 Å². The second-order valence-electron chi connectivity index (χ2n) is 3.30. The zero-order valence-electron chi connectivity index (χ0n) is 7.75. The zero-order valence-corrected chi connectivity index (χ0v) is 9.34. The van der Waals surface area contributed by atoms with Crippen molar-refractivity contribution in [2.75, 3.05) is 0 Å². The molecule has 0 aliphatic carbocycles. The minimum Gasteiger partial charge on any atom is -0.298 e. The Kier molecular flexibility index (Phi) is 2.38. The minimum absolute atomic E-state index is 0.728. The van der Waals surface area contributed by atoms with Crippen LogP contribution < -0.4 is 0 Å². The van der Waals surface area contributed by atoms with Crippen LogP contribution in [0.25, 0.3) is 10.8 Å². The van der Waals surface area contributed by atoms with Crippen LogP contribution in [0.1, 0.15) is 15.9 Å². The Hall–Kier alpha value is -1.15. The molecule has 0 heterocycles. The first kappa shape index (κ1) is 9.41. The van der Waals surface area contributed by atoms with Gasteiger partial charge in [-0.1, -0.05) is 45.8 Å². The standard InChI is InChI=1S/C12H9BrO/c1-8-2-3-9-4-5-12(13)11(7-14)10(9)6-8/h2-7H,1H3. The molecular weight excluding hydrogens is 240 g/mol. The largest absolute Gasteiger partial charge is 0.298 e. The van der Waals surface area contributed by atoms with E-state index < -0.39 is 0 Å². The Morgan fingerprint density at radius 3 is 2.64 bits per heavy atom. The first-order valence-electron chi connectivity index (χ1n) is 4.36. The molecule has 0 unspecified atom stereocenters. The van der Waals surface area contributed by atoms with E-state index in [-0.39, 0.29) is 0 Å². The molecule has 0 N–H and O–H groups in total. The molecule has 14 heavy (non-hydrogen) atoms. The summed E-state index contributed by atoms with van der Waals surface area (Å²) in [6.45, 7) is 2.02. The van der Waals surface area contributed by atoms with Crippen molar-refractivity contribution in [1.82, 2.24) is 0 Å². The van der Waals surface area contributed by atoms with E-state index in [2.05, 4.69) is 15.9 Å². The highest BCUT2D eigenvalue weighted by Crippen LogP contribution is 2.25. The molecule has 2 aromatic rings. The maximum Gasteiger partial charge on any atom is 0.151 e. The van der Waals surface area contributed by atoms with E-state index in [1.807, 2.05) is 37.3 Å². The van der Waals surface area contributed by atoms with Gasteiger partial charge in [0.2, 0.25) is 0 Å². The SMILES string of the molecule is Cc1ccc2ccc(Br)c(C=O)c2c1. The third-order valence-corrected chi connectivity index (χ3v) is 2.97. The van der Waals surface area contributed by atoms with E-state index in [0.29, 0.717) is 0 Å². The third kappa shape index (κ3) is 1.46. The summed E-state index contributed by atoms with van der Waals surface area (Å²) in [5.41, 5.74) is 1.89. The highest BCUT2D eigenvalue weighted by atomic mass is 79.9. The molecule has 1 nitrogen and oxygen atoms in total. The van der Waals surface area contributed by atoms with Gasteiger partial charge in [0.15, 0.2) is 6.29 Å². The Morgan fingerprint density at radius 2 is 1.93 bits per heavy atom. The molecule has 0 aliphatic rings. The van der Waals surface area contributed by atoms with Gasteiger partial charge in [0.05, 0.1) is 0 Å². The van der Waals surface area contributed by atoms with Crippen molar-refractivity contribution in [2.24, 2.45) is 0 Å². The monoisotopic (exact) mass is 248 g/mol. The average molecular weight is 249 g/mol. The first-order chi connectivity index (χ1) is 6.72. The van der Waals surface area contributed by atoms with Crippen LogP contribution in [0.2, 0.25) is 0 Å². The van der Waals surface area contributed by atoms with Crippen LogP contribution >= 0.6 is 15.9 Å². The third-order valence-electron chi connectivity index (χ3n) is 2.28. The summed E-state index contributed by atoms with van der Waals surface area (Å²) < 4.78 is 0.852. The molecule has 70 valence electrons. The summed E-state index contributed by atoms with van der Waals surface area (Å²) in [4.78, 5) is 10.9. The molecule has 0 saturated heterocycles. The van der Waals surface area contributed by atoms with Gasteiger partial charge in [-0.3, -0.25) is 4.79 Å². The zero-order chi connectivity index (χ0) is 10.1. The van der Waals surface area contributed by atoms with E-state index in [0.717, 1.165) is 27.1 Å².